The fourth-order valence-electron chi connectivity index (χ4n) is 1.64. The largest absolute Gasteiger partial charge is 0.399 e. The molecule has 20 heavy (non-hydrogen) atoms. The summed E-state index contributed by atoms with van der Waals surface area (Å²) in [5.41, 5.74) is 6.60. The fourth-order valence-corrected chi connectivity index (χ4v) is 2.95. The summed E-state index contributed by atoms with van der Waals surface area (Å²) >= 11 is 0. The summed E-state index contributed by atoms with van der Waals surface area (Å²) in [6, 6.07) is 4.71. The molecule has 0 radical (unpaired) electrons. The summed E-state index contributed by atoms with van der Waals surface area (Å²) in [5, 5.41) is 2.69. The molecule has 7 heteroatoms. The van der Waals surface area contributed by atoms with Gasteiger partial charge in [-0.15, -0.1) is 0 Å². The van der Waals surface area contributed by atoms with Crippen molar-refractivity contribution in [3.63, 3.8) is 0 Å². The average Bonchev–Trinajstić information content (AvgIpc) is 2.38. The monoisotopic (exact) mass is 299 g/mol. The van der Waals surface area contributed by atoms with Crippen LogP contribution in [-0.2, 0) is 14.8 Å². The van der Waals surface area contributed by atoms with E-state index in [0.29, 0.717) is 17.8 Å². The molecule has 0 aromatic heterocycles. The molecule has 4 N–H and O–H groups in total. The second kappa shape index (κ2) is 7.25. The zero-order chi connectivity index (χ0) is 15.2. The SMILES string of the molecule is CCCNC(=O)CCNS(=O)(=O)c1cc(N)ccc1C. The second-order valence-corrected chi connectivity index (χ2v) is 6.26. The summed E-state index contributed by atoms with van der Waals surface area (Å²) in [5.74, 6) is -0.168. The van der Waals surface area contributed by atoms with Crippen molar-refractivity contribution in [2.75, 3.05) is 18.8 Å². The highest BCUT2D eigenvalue weighted by molar-refractivity contribution is 7.89. The van der Waals surface area contributed by atoms with E-state index in [1.165, 1.54) is 6.07 Å². The van der Waals surface area contributed by atoms with Crippen molar-refractivity contribution in [3.8, 4) is 0 Å². The number of aryl methyl sites for hydroxylation is 1. The van der Waals surface area contributed by atoms with Crippen molar-refractivity contribution < 1.29 is 13.2 Å². The van der Waals surface area contributed by atoms with Crippen LogP contribution in [0.3, 0.4) is 0 Å². The van der Waals surface area contributed by atoms with Crippen LogP contribution in [0.2, 0.25) is 0 Å². The molecule has 0 aliphatic rings. The minimum atomic E-state index is -3.64. The minimum absolute atomic E-state index is 0.0616. The minimum Gasteiger partial charge on any atom is -0.399 e. The van der Waals surface area contributed by atoms with E-state index in [2.05, 4.69) is 10.0 Å². The van der Waals surface area contributed by atoms with E-state index in [9.17, 15) is 13.2 Å². The Balaban J connectivity index is 2.62. The van der Waals surface area contributed by atoms with E-state index >= 15 is 0 Å². The first-order valence-electron chi connectivity index (χ1n) is 6.49. The van der Waals surface area contributed by atoms with Crippen molar-refractivity contribution in [2.24, 2.45) is 0 Å². The van der Waals surface area contributed by atoms with E-state index in [-0.39, 0.29) is 23.8 Å². The normalized spacial score (nSPS) is 11.3. The second-order valence-electron chi connectivity index (χ2n) is 4.52. The highest BCUT2D eigenvalue weighted by Crippen LogP contribution is 2.17. The van der Waals surface area contributed by atoms with Crippen molar-refractivity contribution in [1.82, 2.24) is 10.0 Å². The lowest BCUT2D eigenvalue weighted by Crippen LogP contribution is -2.31. The summed E-state index contributed by atoms with van der Waals surface area (Å²) in [6.07, 6.45) is 0.959. The van der Waals surface area contributed by atoms with Gasteiger partial charge in [-0.2, -0.15) is 0 Å². The first-order chi connectivity index (χ1) is 9.36. The third-order valence-electron chi connectivity index (χ3n) is 2.72. The van der Waals surface area contributed by atoms with Gasteiger partial charge in [-0.1, -0.05) is 13.0 Å². The first-order valence-corrected chi connectivity index (χ1v) is 7.97. The molecule has 1 amide bonds. The van der Waals surface area contributed by atoms with E-state index in [4.69, 9.17) is 5.73 Å². The number of sulfonamides is 1. The molecule has 0 saturated carbocycles. The van der Waals surface area contributed by atoms with Gasteiger partial charge in [0.15, 0.2) is 0 Å². The highest BCUT2D eigenvalue weighted by Gasteiger charge is 2.17. The highest BCUT2D eigenvalue weighted by atomic mass is 32.2. The third-order valence-corrected chi connectivity index (χ3v) is 4.32. The van der Waals surface area contributed by atoms with Crippen molar-refractivity contribution >= 4 is 21.6 Å². The van der Waals surface area contributed by atoms with Crippen LogP contribution >= 0.6 is 0 Å². The lowest BCUT2D eigenvalue weighted by molar-refractivity contribution is -0.120. The van der Waals surface area contributed by atoms with E-state index in [1.54, 1.807) is 19.1 Å². The van der Waals surface area contributed by atoms with Crippen LogP contribution in [0, 0.1) is 6.92 Å². The first kappa shape index (κ1) is 16.5. The van der Waals surface area contributed by atoms with Gasteiger partial charge in [-0.3, -0.25) is 4.79 Å². The Morgan fingerprint density at radius 1 is 1.30 bits per heavy atom. The number of hydrogen-bond donors (Lipinski definition) is 3. The number of carbonyl (C=O) groups excluding carboxylic acids is 1. The molecule has 0 unspecified atom stereocenters. The number of rotatable bonds is 7. The number of nitrogen functional groups attached to an aromatic ring is 1. The van der Waals surface area contributed by atoms with Crippen molar-refractivity contribution in [3.05, 3.63) is 23.8 Å². The number of benzene rings is 1. The average molecular weight is 299 g/mol. The Hall–Kier alpha value is -1.60. The van der Waals surface area contributed by atoms with Crippen LogP contribution in [0.5, 0.6) is 0 Å². The van der Waals surface area contributed by atoms with E-state index in [0.717, 1.165) is 6.42 Å². The molecule has 6 nitrogen and oxygen atoms in total. The number of nitrogens with one attached hydrogen (secondary N) is 2. The van der Waals surface area contributed by atoms with Gasteiger partial charge >= 0.3 is 0 Å². The van der Waals surface area contributed by atoms with Gasteiger partial charge < -0.3 is 11.1 Å². The van der Waals surface area contributed by atoms with Crippen LogP contribution in [0.15, 0.2) is 23.1 Å². The van der Waals surface area contributed by atoms with Gasteiger partial charge in [0.05, 0.1) is 4.90 Å². The topological polar surface area (TPSA) is 101 Å². The Labute approximate surface area is 119 Å². The van der Waals surface area contributed by atoms with Crippen LogP contribution in [-0.4, -0.2) is 27.4 Å². The van der Waals surface area contributed by atoms with Gasteiger partial charge in [0.1, 0.15) is 0 Å². The lowest BCUT2D eigenvalue weighted by Gasteiger charge is -2.10. The summed E-state index contributed by atoms with van der Waals surface area (Å²) in [4.78, 5) is 11.5. The fraction of sp³-hybridized carbons (Fsp3) is 0.462. The molecule has 1 aromatic carbocycles. The Kier molecular flexibility index (Phi) is 5.97. The summed E-state index contributed by atoms with van der Waals surface area (Å²) in [6.45, 7) is 4.31. The maximum Gasteiger partial charge on any atom is 0.240 e. The molecule has 1 rings (SSSR count). The van der Waals surface area contributed by atoms with Crippen LogP contribution < -0.4 is 15.8 Å². The molecular formula is C13H21N3O3S. The van der Waals surface area contributed by atoms with Crippen LogP contribution in [0.1, 0.15) is 25.3 Å². The molecule has 0 heterocycles. The van der Waals surface area contributed by atoms with Gasteiger partial charge in [-0.25, -0.2) is 13.1 Å². The molecule has 1 aromatic rings. The molecule has 0 fully saturated rings. The lowest BCUT2D eigenvalue weighted by atomic mass is 10.2. The standard InChI is InChI=1S/C13H21N3O3S/c1-3-7-15-13(17)6-8-16-20(18,19)12-9-11(14)5-4-10(12)2/h4-5,9,16H,3,6-8,14H2,1-2H3,(H,15,17). The summed E-state index contributed by atoms with van der Waals surface area (Å²) < 4.78 is 26.6. The van der Waals surface area contributed by atoms with Gasteiger partial charge in [0.2, 0.25) is 15.9 Å². The maximum absolute atomic E-state index is 12.1. The van der Waals surface area contributed by atoms with Crippen LogP contribution in [0.25, 0.3) is 0 Å². The van der Waals surface area contributed by atoms with E-state index in [1.807, 2.05) is 6.92 Å². The number of hydrogen-bond acceptors (Lipinski definition) is 4. The molecule has 0 bridgehead atoms. The molecule has 0 saturated heterocycles. The maximum atomic E-state index is 12.1. The summed E-state index contributed by atoms with van der Waals surface area (Å²) in [7, 11) is -3.64. The Morgan fingerprint density at radius 3 is 2.65 bits per heavy atom. The quantitative estimate of drug-likeness (QED) is 0.647. The number of carbonyl (C=O) groups is 1. The molecule has 0 aliphatic carbocycles. The van der Waals surface area contributed by atoms with Gasteiger partial charge in [-0.05, 0) is 31.0 Å². The molecular weight excluding hydrogens is 278 g/mol. The van der Waals surface area contributed by atoms with Gasteiger partial charge in [0.25, 0.3) is 0 Å². The number of nitrogens with two attached hydrogens (primary N) is 1. The third kappa shape index (κ3) is 4.82. The molecule has 0 atom stereocenters. The number of anilines is 1. The van der Waals surface area contributed by atoms with Crippen LogP contribution in [0.4, 0.5) is 5.69 Å². The molecule has 0 aliphatic heterocycles. The van der Waals surface area contributed by atoms with E-state index < -0.39 is 10.0 Å². The molecule has 112 valence electrons. The van der Waals surface area contributed by atoms with Crippen molar-refractivity contribution in [2.45, 2.75) is 31.6 Å². The predicted molar refractivity (Wildman–Crippen MR) is 78.7 cm³/mol. The zero-order valence-electron chi connectivity index (χ0n) is 11.8. The predicted octanol–water partition coefficient (Wildman–Crippen LogP) is 0.772. The number of amides is 1. The van der Waals surface area contributed by atoms with Crippen molar-refractivity contribution in [1.29, 1.82) is 0 Å². The Bertz CT molecular complexity index is 570. The zero-order valence-corrected chi connectivity index (χ0v) is 12.6. The molecule has 0 spiro atoms. The van der Waals surface area contributed by atoms with Gasteiger partial charge in [0, 0.05) is 25.2 Å². The Morgan fingerprint density at radius 2 is 2.00 bits per heavy atom. The smallest absolute Gasteiger partial charge is 0.240 e.